The number of nitrogens with zero attached hydrogens (tertiary/aromatic N) is 2. The summed E-state index contributed by atoms with van der Waals surface area (Å²) < 4.78 is 0.951. The number of benzene rings is 1. The van der Waals surface area contributed by atoms with E-state index in [4.69, 9.17) is 0 Å². The molecule has 1 N–H and O–H groups in total. The summed E-state index contributed by atoms with van der Waals surface area (Å²) in [6.07, 6.45) is 0. The fourth-order valence-corrected chi connectivity index (χ4v) is 2.49. The van der Waals surface area contributed by atoms with Crippen LogP contribution in [0.4, 0.5) is 5.13 Å². The molecular formula is C13H14BrN3OS. The van der Waals surface area contributed by atoms with Gasteiger partial charge in [-0.3, -0.25) is 10.1 Å². The molecule has 2 aromatic rings. The van der Waals surface area contributed by atoms with Crippen LogP contribution in [0.1, 0.15) is 16.1 Å². The molecule has 0 saturated heterocycles. The zero-order valence-electron chi connectivity index (χ0n) is 10.7. The molecule has 0 saturated carbocycles. The predicted octanol–water partition coefficient (Wildman–Crippen LogP) is 3.22. The predicted molar refractivity (Wildman–Crippen MR) is 81.6 cm³/mol. The molecule has 1 aromatic heterocycles. The number of hydrogen-bond donors (Lipinski definition) is 1. The fourth-order valence-electron chi connectivity index (χ4n) is 1.53. The van der Waals surface area contributed by atoms with Crippen molar-refractivity contribution in [3.05, 3.63) is 45.4 Å². The Kier molecular flexibility index (Phi) is 4.68. The number of carbonyl (C=O) groups excluding carboxylic acids is 1. The van der Waals surface area contributed by atoms with Crippen molar-refractivity contribution in [2.45, 2.75) is 6.54 Å². The Morgan fingerprint density at radius 1 is 1.37 bits per heavy atom. The van der Waals surface area contributed by atoms with Crippen LogP contribution in [0.15, 0.2) is 34.1 Å². The number of thiazole rings is 1. The summed E-state index contributed by atoms with van der Waals surface area (Å²) in [6.45, 7) is 0.769. The van der Waals surface area contributed by atoms with Crippen molar-refractivity contribution >= 4 is 38.3 Å². The first-order valence-electron chi connectivity index (χ1n) is 5.70. The van der Waals surface area contributed by atoms with Gasteiger partial charge >= 0.3 is 0 Å². The molecule has 19 heavy (non-hydrogen) atoms. The summed E-state index contributed by atoms with van der Waals surface area (Å²) >= 11 is 4.78. The quantitative estimate of drug-likeness (QED) is 0.930. The molecular weight excluding hydrogens is 326 g/mol. The van der Waals surface area contributed by atoms with E-state index in [1.54, 1.807) is 12.1 Å². The van der Waals surface area contributed by atoms with Crippen LogP contribution in [0, 0.1) is 0 Å². The van der Waals surface area contributed by atoms with Gasteiger partial charge in [-0.1, -0.05) is 15.9 Å². The van der Waals surface area contributed by atoms with Crippen LogP contribution in [0.25, 0.3) is 0 Å². The van der Waals surface area contributed by atoms with Crippen molar-refractivity contribution in [3.8, 4) is 0 Å². The van der Waals surface area contributed by atoms with Crippen LogP contribution in [0.3, 0.4) is 0 Å². The second kappa shape index (κ2) is 6.27. The highest BCUT2D eigenvalue weighted by Crippen LogP contribution is 2.18. The number of anilines is 1. The molecule has 0 aliphatic heterocycles. The Hall–Kier alpha value is -1.24. The lowest BCUT2D eigenvalue weighted by Crippen LogP contribution is -2.13. The highest BCUT2D eigenvalue weighted by atomic mass is 79.9. The molecule has 1 amide bonds. The van der Waals surface area contributed by atoms with Crippen LogP contribution >= 0.6 is 27.3 Å². The molecule has 0 bridgehead atoms. The lowest BCUT2D eigenvalue weighted by molar-refractivity contribution is 0.102. The van der Waals surface area contributed by atoms with E-state index in [0.717, 1.165) is 16.7 Å². The maximum absolute atomic E-state index is 12.0. The summed E-state index contributed by atoms with van der Waals surface area (Å²) in [6, 6.07) is 7.23. The average Bonchev–Trinajstić information content (AvgIpc) is 2.76. The number of aromatic nitrogens is 1. The van der Waals surface area contributed by atoms with E-state index in [1.165, 1.54) is 11.3 Å². The SMILES string of the molecule is CN(C)Cc1csc(NC(=O)c2ccc(Br)cc2)n1. The molecule has 0 fully saturated rings. The third-order valence-electron chi connectivity index (χ3n) is 2.36. The van der Waals surface area contributed by atoms with Crippen LogP contribution in [-0.2, 0) is 6.54 Å². The monoisotopic (exact) mass is 339 g/mol. The smallest absolute Gasteiger partial charge is 0.257 e. The van der Waals surface area contributed by atoms with Gasteiger partial charge in [-0.15, -0.1) is 11.3 Å². The maximum atomic E-state index is 12.0. The first-order valence-corrected chi connectivity index (χ1v) is 7.38. The van der Waals surface area contributed by atoms with Crippen molar-refractivity contribution in [1.29, 1.82) is 0 Å². The van der Waals surface area contributed by atoms with Gasteiger partial charge in [0.2, 0.25) is 0 Å². The number of hydrogen-bond acceptors (Lipinski definition) is 4. The second-order valence-corrected chi connectivity index (χ2v) is 6.12. The van der Waals surface area contributed by atoms with Gasteiger partial charge in [-0.25, -0.2) is 4.98 Å². The molecule has 2 rings (SSSR count). The van der Waals surface area contributed by atoms with Crippen LogP contribution in [-0.4, -0.2) is 29.9 Å². The standard InChI is InChI=1S/C13H14BrN3OS/c1-17(2)7-11-8-19-13(15-11)16-12(18)9-3-5-10(14)6-4-9/h3-6,8H,7H2,1-2H3,(H,15,16,18). The molecule has 6 heteroatoms. The molecule has 0 spiro atoms. The van der Waals surface area contributed by atoms with Crippen molar-refractivity contribution in [2.24, 2.45) is 0 Å². The van der Waals surface area contributed by atoms with E-state index in [2.05, 4.69) is 26.2 Å². The summed E-state index contributed by atoms with van der Waals surface area (Å²) in [5.74, 6) is -0.141. The number of halogens is 1. The summed E-state index contributed by atoms with van der Waals surface area (Å²) in [5, 5.41) is 5.39. The van der Waals surface area contributed by atoms with E-state index < -0.39 is 0 Å². The Bertz CT molecular complexity index is 566. The minimum absolute atomic E-state index is 0.141. The number of nitrogens with one attached hydrogen (secondary N) is 1. The lowest BCUT2D eigenvalue weighted by atomic mass is 10.2. The van der Waals surface area contributed by atoms with E-state index in [0.29, 0.717) is 10.7 Å². The van der Waals surface area contributed by atoms with Gasteiger partial charge in [-0.2, -0.15) is 0 Å². The maximum Gasteiger partial charge on any atom is 0.257 e. The average molecular weight is 340 g/mol. The summed E-state index contributed by atoms with van der Waals surface area (Å²) in [5.41, 5.74) is 1.58. The molecule has 1 heterocycles. The normalized spacial score (nSPS) is 10.7. The molecule has 4 nitrogen and oxygen atoms in total. The van der Waals surface area contributed by atoms with Gasteiger partial charge in [0.15, 0.2) is 5.13 Å². The lowest BCUT2D eigenvalue weighted by Gasteiger charge is -2.05. The fraction of sp³-hybridized carbons (Fsp3) is 0.231. The first kappa shape index (κ1) is 14.2. The van der Waals surface area contributed by atoms with Crippen molar-refractivity contribution in [1.82, 2.24) is 9.88 Å². The van der Waals surface area contributed by atoms with Crippen molar-refractivity contribution < 1.29 is 4.79 Å². The molecule has 0 radical (unpaired) electrons. The van der Waals surface area contributed by atoms with E-state index in [1.807, 2.05) is 36.5 Å². The van der Waals surface area contributed by atoms with Crippen molar-refractivity contribution in [2.75, 3.05) is 19.4 Å². The first-order chi connectivity index (χ1) is 9.04. The minimum Gasteiger partial charge on any atom is -0.304 e. The molecule has 100 valence electrons. The Morgan fingerprint density at radius 2 is 2.05 bits per heavy atom. The highest BCUT2D eigenvalue weighted by Gasteiger charge is 2.09. The van der Waals surface area contributed by atoms with E-state index in [-0.39, 0.29) is 5.91 Å². The molecule has 0 atom stereocenters. The van der Waals surface area contributed by atoms with Crippen molar-refractivity contribution in [3.63, 3.8) is 0 Å². The number of rotatable bonds is 4. The van der Waals surface area contributed by atoms with Gasteiger partial charge < -0.3 is 4.90 Å². The van der Waals surface area contributed by atoms with Gasteiger partial charge in [-0.05, 0) is 38.4 Å². The summed E-state index contributed by atoms with van der Waals surface area (Å²) in [7, 11) is 3.97. The Morgan fingerprint density at radius 3 is 2.68 bits per heavy atom. The van der Waals surface area contributed by atoms with E-state index in [9.17, 15) is 4.79 Å². The second-order valence-electron chi connectivity index (χ2n) is 4.34. The van der Waals surface area contributed by atoms with Gasteiger partial charge in [0.05, 0.1) is 5.69 Å². The highest BCUT2D eigenvalue weighted by molar-refractivity contribution is 9.10. The zero-order valence-corrected chi connectivity index (χ0v) is 13.1. The van der Waals surface area contributed by atoms with Crippen LogP contribution in [0.5, 0.6) is 0 Å². The van der Waals surface area contributed by atoms with E-state index >= 15 is 0 Å². The van der Waals surface area contributed by atoms with Crippen LogP contribution < -0.4 is 5.32 Å². The zero-order chi connectivity index (χ0) is 13.8. The minimum atomic E-state index is -0.141. The van der Waals surface area contributed by atoms with Gasteiger partial charge in [0, 0.05) is 22.0 Å². The van der Waals surface area contributed by atoms with Crippen LogP contribution in [0.2, 0.25) is 0 Å². The summed E-state index contributed by atoms with van der Waals surface area (Å²) in [4.78, 5) is 18.4. The Labute approximate surface area is 124 Å². The number of amides is 1. The largest absolute Gasteiger partial charge is 0.304 e. The molecule has 0 unspecified atom stereocenters. The third kappa shape index (κ3) is 4.12. The molecule has 0 aliphatic carbocycles. The molecule has 1 aromatic carbocycles. The van der Waals surface area contributed by atoms with Gasteiger partial charge in [0.1, 0.15) is 0 Å². The Balaban J connectivity index is 2.02. The van der Waals surface area contributed by atoms with Gasteiger partial charge in [0.25, 0.3) is 5.91 Å². The number of carbonyl (C=O) groups is 1. The topological polar surface area (TPSA) is 45.2 Å². The molecule has 0 aliphatic rings. The third-order valence-corrected chi connectivity index (χ3v) is 3.69.